The highest BCUT2D eigenvalue weighted by Gasteiger charge is 2.14. The van der Waals surface area contributed by atoms with E-state index in [0.717, 1.165) is 12.8 Å². The van der Waals surface area contributed by atoms with E-state index in [4.69, 9.17) is 4.74 Å². The van der Waals surface area contributed by atoms with Gasteiger partial charge in [-0.15, -0.1) is 6.58 Å². The van der Waals surface area contributed by atoms with E-state index in [-0.39, 0.29) is 6.10 Å². The summed E-state index contributed by atoms with van der Waals surface area (Å²) in [6, 6.07) is 10.6. The lowest BCUT2D eigenvalue weighted by Gasteiger charge is -2.21. The molecule has 0 aliphatic heterocycles. The molecule has 1 aromatic rings. The Morgan fingerprint density at radius 2 is 2.12 bits per heavy atom. The van der Waals surface area contributed by atoms with Crippen LogP contribution < -0.4 is 0 Å². The fraction of sp³-hybridized carbons (Fsp3) is 0.333. The Morgan fingerprint density at radius 3 is 2.88 bits per heavy atom. The summed E-state index contributed by atoms with van der Waals surface area (Å²) >= 11 is 0. The molecule has 1 atom stereocenters. The van der Waals surface area contributed by atoms with Crippen molar-refractivity contribution < 1.29 is 4.74 Å². The van der Waals surface area contributed by atoms with E-state index in [2.05, 4.69) is 43.0 Å². The number of allylic oxidation sites excluding steroid dienone is 1. The molecule has 1 heteroatoms. The molecule has 0 bridgehead atoms. The van der Waals surface area contributed by atoms with Crippen LogP contribution in [0.3, 0.4) is 0 Å². The van der Waals surface area contributed by atoms with Crippen molar-refractivity contribution in [1.29, 1.82) is 0 Å². The van der Waals surface area contributed by atoms with Gasteiger partial charge in [0, 0.05) is 0 Å². The Balaban J connectivity index is 2.09. The molecule has 0 amide bonds. The maximum atomic E-state index is 5.69. The van der Waals surface area contributed by atoms with Gasteiger partial charge in [0.25, 0.3) is 0 Å². The van der Waals surface area contributed by atoms with Gasteiger partial charge >= 0.3 is 0 Å². The first-order valence-electron chi connectivity index (χ1n) is 5.89. The number of hydrogen-bond acceptors (Lipinski definition) is 1. The van der Waals surface area contributed by atoms with Gasteiger partial charge < -0.3 is 4.74 Å². The first-order valence-corrected chi connectivity index (χ1v) is 5.89. The normalized spacial score (nSPS) is 20.2. The summed E-state index contributed by atoms with van der Waals surface area (Å²) in [5, 5.41) is 0. The molecule has 1 unspecified atom stereocenters. The smallest absolute Gasteiger partial charge is 0.0766 e. The highest BCUT2D eigenvalue weighted by molar-refractivity contribution is 5.66. The molecule has 2 rings (SSSR count). The molecule has 1 aliphatic rings. The van der Waals surface area contributed by atoms with Crippen molar-refractivity contribution in [2.45, 2.75) is 25.4 Å². The van der Waals surface area contributed by atoms with Crippen LogP contribution in [0.2, 0.25) is 0 Å². The molecule has 0 fully saturated rings. The van der Waals surface area contributed by atoms with Crippen LogP contribution >= 0.6 is 0 Å². The molecular formula is C15H18O. The number of benzene rings is 1. The van der Waals surface area contributed by atoms with Gasteiger partial charge in [0.1, 0.15) is 0 Å². The minimum Gasteiger partial charge on any atom is -0.370 e. The van der Waals surface area contributed by atoms with E-state index < -0.39 is 0 Å². The molecule has 0 aromatic heterocycles. The lowest BCUT2D eigenvalue weighted by molar-refractivity contribution is 0.0991. The van der Waals surface area contributed by atoms with Crippen molar-refractivity contribution in [2.75, 3.05) is 6.61 Å². The molecule has 0 saturated heterocycles. The minimum atomic E-state index is 0.266. The molecule has 1 aliphatic carbocycles. The molecular weight excluding hydrogens is 196 g/mol. The summed E-state index contributed by atoms with van der Waals surface area (Å²) in [6.45, 7) is 4.32. The summed E-state index contributed by atoms with van der Waals surface area (Å²) in [5.41, 5.74) is 2.75. The maximum absolute atomic E-state index is 5.69. The Labute approximate surface area is 97.4 Å². The van der Waals surface area contributed by atoms with Crippen LogP contribution in [0.15, 0.2) is 49.1 Å². The molecule has 84 valence electrons. The number of ether oxygens (including phenoxy) is 1. The highest BCUT2D eigenvalue weighted by Crippen LogP contribution is 2.27. The van der Waals surface area contributed by atoms with Gasteiger partial charge in [-0.05, 0) is 30.4 Å². The summed E-state index contributed by atoms with van der Waals surface area (Å²) in [7, 11) is 0. The van der Waals surface area contributed by atoms with Crippen molar-refractivity contribution in [1.82, 2.24) is 0 Å². The molecule has 16 heavy (non-hydrogen) atoms. The topological polar surface area (TPSA) is 9.23 Å². The van der Waals surface area contributed by atoms with Gasteiger partial charge in [0.15, 0.2) is 0 Å². The lowest BCUT2D eigenvalue weighted by Crippen LogP contribution is -2.14. The van der Waals surface area contributed by atoms with E-state index in [1.807, 2.05) is 6.08 Å². The second-order valence-electron chi connectivity index (χ2n) is 4.11. The highest BCUT2D eigenvalue weighted by atomic mass is 16.5. The van der Waals surface area contributed by atoms with Crippen LogP contribution in [0, 0.1) is 0 Å². The SMILES string of the molecule is C=CCOC1C=C(c2ccccc2)CCC1. The first-order chi connectivity index (χ1) is 7.90. The van der Waals surface area contributed by atoms with E-state index in [0.29, 0.717) is 6.61 Å². The monoisotopic (exact) mass is 214 g/mol. The predicted molar refractivity (Wildman–Crippen MR) is 68.2 cm³/mol. The first kappa shape index (κ1) is 11.2. The fourth-order valence-electron chi connectivity index (χ4n) is 2.10. The largest absolute Gasteiger partial charge is 0.370 e. The molecule has 0 saturated carbocycles. The number of rotatable bonds is 4. The average molecular weight is 214 g/mol. The molecule has 0 heterocycles. The third kappa shape index (κ3) is 2.83. The Morgan fingerprint density at radius 1 is 1.31 bits per heavy atom. The van der Waals surface area contributed by atoms with Crippen LogP contribution in [-0.2, 0) is 4.74 Å². The van der Waals surface area contributed by atoms with Gasteiger partial charge in [-0.25, -0.2) is 0 Å². The lowest BCUT2D eigenvalue weighted by atomic mass is 9.92. The van der Waals surface area contributed by atoms with Crippen molar-refractivity contribution in [3.05, 3.63) is 54.6 Å². The zero-order valence-corrected chi connectivity index (χ0v) is 9.56. The van der Waals surface area contributed by atoms with Crippen LogP contribution in [0.1, 0.15) is 24.8 Å². The molecule has 1 aromatic carbocycles. The Bertz CT molecular complexity index is 364. The van der Waals surface area contributed by atoms with E-state index in [1.54, 1.807) is 0 Å². The molecule has 1 nitrogen and oxygen atoms in total. The minimum absolute atomic E-state index is 0.266. The molecule has 0 N–H and O–H groups in total. The van der Waals surface area contributed by atoms with E-state index in [9.17, 15) is 0 Å². The Kier molecular flexibility index (Phi) is 3.95. The van der Waals surface area contributed by atoms with Gasteiger partial charge in [-0.3, -0.25) is 0 Å². The number of hydrogen-bond donors (Lipinski definition) is 0. The second-order valence-corrected chi connectivity index (χ2v) is 4.11. The van der Waals surface area contributed by atoms with Gasteiger partial charge in [0.05, 0.1) is 12.7 Å². The van der Waals surface area contributed by atoms with Crippen LogP contribution in [0.4, 0.5) is 0 Å². The summed E-state index contributed by atoms with van der Waals surface area (Å²) in [6.07, 6.45) is 7.85. The van der Waals surface area contributed by atoms with Crippen molar-refractivity contribution in [2.24, 2.45) is 0 Å². The van der Waals surface area contributed by atoms with Gasteiger partial charge in [-0.2, -0.15) is 0 Å². The van der Waals surface area contributed by atoms with Crippen molar-refractivity contribution >= 4 is 5.57 Å². The third-order valence-corrected chi connectivity index (χ3v) is 2.89. The fourth-order valence-corrected chi connectivity index (χ4v) is 2.10. The summed E-state index contributed by atoms with van der Waals surface area (Å²) < 4.78 is 5.69. The molecule has 0 spiro atoms. The summed E-state index contributed by atoms with van der Waals surface area (Å²) in [4.78, 5) is 0. The predicted octanol–water partition coefficient (Wildman–Crippen LogP) is 3.83. The van der Waals surface area contributed by atoms with Crippen LogP contribution in [0.5, 0.6) is 0 Å². The maximum Gasteiger partial charge on any atom is 0.0766 e. The van der Waals surface area contributed by atoms with E-state index in [1.165, 1.54) is 17.6 Å². The van der Waals surface area contributed by atoms with Crippen molar-refractivity contribution in [3.63, 3.8) is 0 Å². The van der Waals surface area contributed by atoms with Gasteiger partial charge in [-0.1, -0.05) is 42.5 Å². The Hall–Kier alpha value is -1.34. The average Bonchev–Trinajstić information content (AvgIpc) is 2.38. The van der Waals surface area contributed by atoms with E-state index >= 15 is 0 Å². The quantitative estimate of drug-likeness (QED) is 0.692. The zero-order valence-electron chi connectivity index (χ0n) is 9.56. The second kappa shape index (κ2) is 5.66. The standard InChI is InChI=1S/C15H18O/c1-2-11-16-15-10-6-9-14(12-15)13-7-4-3-5-8-13/h2-5,7-8,12,15H,1,6,9-11H2. The van der Waals surface area contributed by atoms with Crippen LogP contribution in [-0.4, -0.2) is 12.7 Å². The van der Waals surface area contributed by atoms with Gasteiger partial charge in [0.2, 0.25) is 0 Å². The zero-order chi connectivity index (χ0) is 11.2. The van der Waals surface area contributed by atoms with Crippen LogP contribution in [0.25, 0.3) is 5.57 Å². The summed E-state index contributed by atoms with van der Waals surface area (Å²) in [5.74, 6) is 0. The molecule has 0 radical (unpaired) electrons. The van der Waals surface area contributed by atoms with Crippen molar-refractivity contribution in [3.8, 4) is 0 Å². The third-order valence-electron chi connectivity index (χ3n) is 2.89.